The molecular formula is C21H25N3O4S. The van der Waals surface area contributed by atoms with E-state index in [1.807, 2.05) is 19.1 Å². The summed E-state index contributed by atoms with van der Waals surface area (Å²) >= 11 is 0. The SMILES string of the molecule is CCc1ccc(C(=O)NNC(=O)c2cccc(S(=O)(=O)NC3CCCC3)c2)cc1. The van der Waals surface area contributed by atoms with Crippen LogP contribution >= 0.6 is 0 Å². The topological polar surface area (TPSA) is 104 Å². The first kappa shape index (κ1) is 21.0. The van der Waals surface area contributed by atoms with Gasteiger partial charge in [-0.05, 0) is 55.2 Å². The molecule has 7 nitrogen and oxygen atoms in total. The molecule has 0 bridgehead atoms. The number of rotatable bonds is 6. The smallest absolute Gasteiger partial charge is 0.267 e. The number of sulfonamides is 1. The summed E-state index contributed by atoms with van der Waals surface area (Å²) in [5, 5.41) is 0. The quantitative estimate of drug-likeness (QED) is 0.631. The van der Waals surface area contributed by atoms with Crippen molar-refractivity contribution >= 4 is 21.8 Å². The van der Waals surface area contributed by atoms with Gasteiger partial charge >= 0.3 is 0 Å². The van der Waals surface area contributed by atoms with Crippen LogP contribution in [-0.4, -0.2) is 26.3 Å². The fourth-order valence-corrected chi connectivity index (χ4v) is 4.64. The third-order valence-corrected chi connectivity index (χ3v) is 6.52. The van der Waals surface area contributed by atoms with Crippen molar-refractivity contribution < 1.29 is 18.0 Å². The summed E-state index contributed by atoms with van der Waals surface area (Å²) in [6.45, 7) is 2.02. The number of hydrazine groups is 1. The van der Waals surface area contributed by atoms with Crippen molar-refractivity contribution in [1.29, 1.82) is 0 Å². The summed E-state index contributed by atoms with van der Waals surface area (Å²) in [5.74, 6) is -1.05. The summed E-state index contributed by atoms with van der Waals surface area (Å²) in [5.41, 5.74) is 6.33. The van der Waals surface area contributed by atoms with E-state index in [1.54, 1.807) is 12.1 Å². The van der Waals surface area contributed by atoms with Crippen LogP contribution in [0.15, 0.2) is 53.4 Å². The minimum atomic E-state index is -3.70. The van der Waals surface area contributed by atoms with E-state index in [2.05, 4.69) is 15.6 Å². The van der Waals surface area contributed by atoms with Crippen LogP contribution < -0.4 is 15.6 Å². The fraction of sp³-hybridized carbons (Fsp3) is 0.333. The van der Waals surface area contributed by atoms with E-state index in [9.17, 15) is 18.0 Å². The van der Waals surface area contributed by atoms with Crippen LogP contribution in [0.3, 0.4) is 0 Å². The van der Waals surface area contributed by atoms with Crippen molar-refractivity contribution in [2.75, 3.05) is 0 Å². The Morgan fingerprint density at radius 1 is 0.931 bits per heavy atom. The van der Waals surface area contributed by atoms with Crippen LogP contribution in [0, 0.1) is 0 Å². The molecule has 2 amide bonds. The lowest BCUT2D eigenvalue weighted by Crippen LogP contribution is -2.41. The van der Waals surface area contributed by atoms with Crippen LogP contribution in [0.4, 0.5) is 0 Å². The van der Waals surface area contributed by atoms with E-state index in [0.717, 1.165) is 37.7 Å². The second-order valence-electron chi connectivity index (χ2n) is 7.09. The second-order valence-corrected chi connectivity index (χ2v) is 8.80. The molecule has 3 N–H and O–H groups in total. The maximum atomic E-state index is 12.6. The highest BCUT2D eigenvalue weighted by Crippen LogP contribution is 2.20. The van der Waals surface area contributed by atoms with E-state index in [0.29, 0.717) is 5.56 Å². The first-order valence-corrected chi connectivity index (χ1v) is 11.2. The first-order chi connectivity index (χ1) is 13.9. The Balaban J connectivity index is 1.63. The summed E-state index contributed by atoms with van der Waals surface area (Å²) in [6.07, 6.45) is 4.54. The molecule has 154 valence electrons. The van der Waals surface area contributed by atoms with Gasteiger partial charge in [0.15, 0.2) is 0 Å². The van der Waals surface area contributed by atoms with Gasteiger partial charge in [0, 0.05) is 17.2 Å². The summed E-state index contributed by atoms with van der Waals surface area (Å²) in [7, 11) is -3.70. The summed E-state index contributed by atoms with van der Waals surface area (Å²) in [4.78, 5) is 24.6. The van der Waals surface area contributed by atoms with E-state index >= 15 is 0 Å². The molecule has 1 aliphatic carbocycles. The normalized spacial score (nSPS) is 14.5. The molecule has 0 aromatic heterocycles. The lowest BCUT2D eigenvalue weighted by atomic mass is 10.1. The third-order valence-electron chi connectivity index (χ3n) is 5.00. The van der Waals surface area contributed by atoms with Crippen LogP contribution in [0.25, 0.3) is 0 Å². The molecule has 0 aliphatic heterocycles. The van der Waals surface area contributed by atoms with Gasteiger partial charge in [0.25, 0.3) is 11.8 Å². The van der Waals surface area contributed by atoms with Gasteiger partial charge in [0.05, 0.1) is 4.90 Å². The van der Waals surface area contributed by atoms with E-state index in [-0.39, 0.29) is 16.5 Å². The molecular weight excluding hydrogens is 390 g/mol. The predicted molar refractivity (Wildman–Crippen MR) is 110 cm³/mol. The monoisotopic (exact) mass is 415 g/mol. The maximum Gasteiger partial charge on any atom is 0.269 e. The Hall–Kier alpha value is -2.71. The Kier molecular flexibility index (Phi) is 6.66. The molecule has 0 atom stereocenters. The lowest BCUT2D eigenvalue weighted by Gasteiger charge is -2.13. The average Bonchev–Trinajstić information content (AvgIpc) is 3.24. The Morgan fingerprint density at radius 3 is 2.17 bits per heavy atom. The van der Waals surface area contributed by atoms with E-state index in [4.69, 9.17) is 0 Å². The van der Waals surface area contributed by atoms with E-state index in [1.165, 1.54) is 24.3 Å². The summed E-state index contributed by atoms with van der Waals surface area (Å²) < 4.78 is 27.8. The highest BCUT2D eigenvalue weighted by atomic mass is 32.2. The number of hydrogen-bond donors (Lipinski definition) is 3. The molecule has 0 saturated heterocycles. The number of hydrogen-bond acceptors (Lipinski definition) is 4. The number of carbonyl (C=O) groups is 2. The molecule has 0 heterocycles. The highest BCUT2D eigenvalue weighted by molar-refractivity contribution is 7.89. The van der Waals surface area contributed by atoms with E-state index < -0.39 is 21.8 Å². The number of benzene rings is 2. The zero-order chi connectivity index (χ0) is 20.9. The molecule has 3 rings (SSSR count). The lowest BCUT2D eigenvalue weighted by molar-refractivity contribution is 0.0846. The minimum absolute atomic E-state index is 0.0264. The van der Waals surface area contributed by atoms with Crippen molar-refractivity contribution in [3.63, 3.8) is 0 Å². The van der Waals surface area contributed by atoms with Crippen molar-refractivity contribution in [1.82, 2.24) is 15.6 Å². The van der Waals surface area contributed by atoms with Crippen LogP contribution in [0.2, 0.25) is 0 Å². The molecule has 29 heavy (non-hydrogen) atoms. The number of aryl methyl sites for hydroxylation is 1. The fourth-order valence-electron chi connectivity index (χ4n) is 3.29. The average molecular weight is 416 g/mol. The van der Waals surface area contributed by atoms with Gasteiger partial charge in [-0.15, -0.1) is 0 Å². The largest absolute Gasteiger partial charge is 0.269 e. The van der Waals surface area contributed by atoms with Crippen molar-refractivity contribution in [3.05, 3.63) is 65.2 Å². The molecule has 0 radical (unpaired) electrons. The maximum absolute atomic E-state index is 12.6. The van der Waals surface area contributed by atoms with Crippen molar-refractivity contribution in [2.45, 2.75) is 50.0 Å². The van der Waals surface area contributed by atoms with Crippen molar-refractivity contribution in [3.8, 4) is 0 Å². The van der Waals surface area contributed by atoms with Gasteiger partial charge in [-0.3, -0.25) is 20.4 Å². The van der Waals surface area contributed by atoms with Gasteiger partial charge in [0.2, 0.25) is 10.0 Å². The Bertz CT molecular complexity index is 981. The first-order valence-electron chi connectivity index (χ1n) is 9.71. The molecule has 0 spiro atoms. The van der Waals surface area contributed by atoms with Crippen LogP contribution in [0.1, 0.15) is 58.9 Å². The molecule has 1 fully saturated rings. The van der Waals surface area contributed by atoms with Gasteiger partial charge in [-0.2, -0.15) is 0 Å². The molecule has 1 aliphatic rings. The van der Waals surface area contributed by atoms with Gasteiger partial charge in [0.1, 0.15) is 0 Å². The number of carbonyl (C=O) groups excluding carboxylic acids is 2. The zero-order valence-electron chi connectivity index (χ0n) is 16.3. The van der Waals surface area contributed by atoms with Gasteiger partial charge in [-0.25, -0.2) is 13.1 Å². The highest BCUT2D eigenvalue weighted by Gasteiger charge is 2.23. The number of amides is 2. The van der Waals surface area contributed by atoms with Crippen LogP contribution in [-0.2, 0) is 16.4 Å². The molecule has 2 aromatic rings. The van der Waals surface area contributed by atoms with Crippen LogP contribution in [0.5, 0.6) is 0 Å². The number of nitrogens with one attached hydrogen (secondary N) is 3. The molecule has 1 saturated carbocycles. The Labute approximate surface area is 170 Å². The summed E-state index contributed by atoms with van der Waals surface area (Å²) in [6, 6.07) is 12.7. The second kappa shape index (κ2) is 9.19. The van der Waals surface area contributed by atoms with Gasteiger partial charge in [-0.1, -0.05) is 38.0 Å². The zero-order valence-corrected chi connectivity index (χ0v) is 17.1. The molecule has 8 heteroatoms. The molecule has 2 aromatic carbocycles. The van der Waals surface area contributed by atoms with Crippen molar-refractivity contribution in [2.24, 2.45) is 0 Å². The third kappa shape index (κ3) is 5.42. The predicted octanol–water partition coefficient (Wildman–Crippen LogP) is 2.54. The Morgan fingerprint density at radius 2 is 1.55 bits per heavy atom. The minimum Gasteiger partial charge on any atom is -0.267 e. The van der Waals surface area contributed by atoms with Gasteiger partial charge < -0.3 is 0 Å². The standard InChI is InChI=1S/C21H25N3O4S/c1-2-15-10-12-16(13-11-15)20(25)22-23-21(26)17-6-5-9-19(14-17)29(27,28)24-18-7-3-4-8-18/h5-6,9-14,18,24H,2-4,7-8H2,1H3,(H,22,25)(H,23,26). The molecule has 0 unspecified atom stereocenters.